The van der Waals surface area contributed by atoms with Crippen LogP contribution in [0.1, 0.15) is 17.2 Å². The quantitative estimate of drug-likeness (QED) is 0.622. The van der Waals surface area contributed by atoms with Gasteiger partial charge in [-0.3, -0.25) is 0 Å². The standard InChI is InChI=1S/C18H14F4N2O4S/c1-27-14-7-2-10(8-13(14)19)9-15-16(24-17(28-15)18(20,21)22)11-3-5-12(6-4-11)29(23,25)26/h2-8H,9H2,1H3,(H2,23,25,26). The molecule has 3 rings (SSSR count). The van der Waals surface area contributed by atoms with E-state index in [2.05, 4.69) is 4.98 Å². The van der Waals surface area contributed by atoms with E-state index in [0.717, 1.165) is 18.2 Å². The first-order valence-electron chi connectivity index (χ1n) is 8.01. The zero-order valence-corrected chi connectivity index (χ0v) is 15.6. The number of sulfonamides is 1. The van der Waals surface area contributed by atoms with E-state index in [-0.39, 0.29) is 34.1 Å². The molecule has 0 aliphatic rings. The van der Waals surface area contributed by atoms with Crippen molar-refractivity contribution in [3.63, 3.8) is 0 Å². The number of ether oxygens (including phenoxy) is 1. The molecule has 0 radical (unpaired) electrons. The Kier molecular flexibility index (Phi) is 5.37. The van der Waals surface area contributed by atoms with Gasteiger partial charge in [-0.05, 0) is 29.8 Å². The van der Waals surface area contributed by atoms with E-state index < -0.39 is 27.9 Å². The Labute approximate surface area is 163 Å². The van der Waals surface area contributed by atoms with E-state index in [1.807, 2.05) is 0 Å². The summed E-state index contributed by atoms with van der Waals surface area (Å²) < 4.78 is 85.6. The van der Waals surface area contributed by atoms with E-state index in [1.54, 1.807) is 0 Å². The Bertz CT molecular complexity index is 1140. The Morgan fingerprint density at radius 2 is 1.79 bits per heavy atom. The first kappa shape index (κ1) is 20.8. The number of oxazole rings is 1. The minimum Gasteiger partial charge on any atom is -0.494 e. The molecule has 3 aromatic rings. The molecule has 0 saturated carbocycles. The minimum atomic E-state index is -4.83. The molecular weight excluding hydrogens is 416 g/mol. The number of benzene rings is 2. The molecule has 0 amide bonds. The maximum Gasteiger partial charge on any atom is 0.468 e. The van der Waals surface area contributed by atoms with Crippen molar-refractivity contribution in [2.24, 2.45) is 5.14 Å². The predicted octanol–water partition coefficient (Wildman–Crippen LogP) is 3.75. The van der Waals surface area contributed by atoms with E-state index >= 15 is 0 Å². The number of aromatic nitrogens is 1. The number of primary sulfonamides is 1. The Morgan fingerprint density at radius 3 is 2.31 bits per heavy atom. The van der Waals surface area contributed by atoms with Crippen LogP contribution >= 0.6 is 0 Å². The Balaban J connectivity index is 2.04. The van der Waals surface area contributed by atoms with E-state index in [4.69, 9.17) is 14.3 Å². The molecule has 0 unspecified atom stereocenters. The maximum absolute atomic E-state index is 13.9. The van der Waals surface area contributed by atoms with Crippen LogP contribution in [-0.4, -0.2) is 20.5 Å². The van der Waals surface area contributed by atoms with Crippen LogP contribution < -0.4 is 9.88 Å². The molecule has 0 aliphatic carbocycles. The summed E-state index contributed by atoms with van der Waals surface area (Å²) in [4.78, 5) is 3.30. The average Bonchev–Trinajstić information content (AvgIpc) is 3.05. The number of nitrogens with two attached hydrogens (primary N) is 1. The zero-order valence-electron chi connectivity index (χ0n) is 14.8. The zero-order chi connectivity index (χ0) is 21.4. The predicted molar refractivity (Wildman–Crippen MR) is 94.1 cm³/mol. The third-order valence-electron chi connectivity index (χ3n) is 3.98. The summed E-state index contributed by atoms with van der Waals surface area (Å²) in [6, 6.07) is 8.74. The normalized spacial score (nSPS) is 12.2. The average molecular weight is 430 g/mol. The number of halogens is 4. The Hall–Kier alpha value is -2.92. The summed E-state index contributed by atoms with van der Waals surface area (Å²) in [7, 11) is -2.68. The molecule has 29 heavy (non-hydrogen) atoms. The first-order chi connectivity index (χ1) is 13.5. The second-order valence-corrected chi connectivity index (χ2v) is 7.57. The molecule has 1 aromatic heterocycles. The fourth-order valence-electron chi connectivity index (χ4n) is 2.63. The van der Waals surface area contributed by atoms with Crippen molar-refractivity contribution < 1.29 is 35.1 Å². The summed E-state index contributed by atoms with van der Waals surface area (Å²) >= 11 is 0. The van der Waals surface area contributed by atoms with Crippen molar-refractivity contribution in [1.29, 1.82) is 0 Å². The fraction of sp³-hybridized carbons (Fsp3) is 0.167. The monoisotopic (exact) mass is 430 g/mol. The molecule has 0 atom stereocenters. The lowest BCUT2D eigenvalue weighted by molar-refractivity contribution is -0.157. The molecule has 0 bridgehead atoms. The lowest BCUT2D eigenvalue weighted by atomic mass is 10.1. The topological polar surface area (TPSA) is 95.4 Å². The molecular formula is C18H14F4N2O4S. The smallest absolute Gasteiger partial charge is 0.468 e. The van der Waals surface area contributed by atoms with Crippen molar-refractivity contribution in [2.45, 2.75) is 17.5 Å². The van der Waals surface area contributed by atoms with Gasteiger partial charge in [-0.25, -0.2) is 22.9 Å². The number of hydrogen-bond acceptors (Lipinski definition) is 5. The van der Waals surface area contributed by atoms with Crippen LogP contribution in [0, 0.1) is 5.82 Å². The number of rotatable bonds is 5. The van der Waals surface area contributed by atoms with Crippen LogP contribution in [0.3, 0.4) is 0 Å². The van der Waals surface area contributed by atoms with Gasteiger partial charge in [-0.15, -0.1) is 0 Å². The highest BCUT2D eigenvalue weighted by Crippen LogP contribution is 2.35. The van der Waals surface area contributed by atoms with Crippen LogP contribution in [0.15, 0.2) is 51.8 Å². The second-order valence-electron chi connectivity index (χ2n) is 6.00. The van der Waals surface area contributed by atoms with Gasteiger partial charge in [0.15, 0.2) is 11.6 Å². The molecule has 0 aliphatic heterocycles. The van der Waals surface area contributed by atoms with E-state index in [1.165, 1.54) is 31.4 Å². The van der Waals surface area contributed by atoms with Gasteiger partial charge in [-0.1, -0.05) is 18.2 Å². The second kappa shape index (κ2) is 7.48. The van der Waals surface area contributed by atoms with E-state index in [0.29, 0.717) is 5.56 Å². The molecule has 0 fully saturated rings. The Morgan fingerprint density at radius 1 is 1.14 bits per heavy atom. The lowest BCUT2D eigenvalue weighted by Crippen LogP contribution is -2.11. The third-order valence-corrected chi connectivity index (χ3v) is 4.91. The highest BCUT2D eigenvalue weighted by molar-refractivity contribution is 7.89. The van der Waals surface area contributed by atoms with E-state index in [9.17, 15) is 26.0 Å². The van der Waals surface area contributed by atoms with Gasteiger partial charge < -0.3 is 9.15 Å². The fourth-order valence-corrected chi connectivity index (χ4v) is 3.14. The molecule has 2 aromatic carbocycles. The molecule has 6 nitrogen and oxygen atoms in total. The molecule has 0 saturated heterocycles. The van der Waals surface area contributed by atoms with Crippen LogP contribution in [0.25, 0.3) is 11.3 Å². The summed E-state index contributed by atoms with van der Waals surface area (Å²) in [5.74, 6) is -2.32. The van der Waals surface area contributed by atoms with Gasteiger partial charge in [0.05, 0.1) is 12.0 Å². The van der Waals surface area contributed by atoms with Gasteiger partial charge in [0.1, 0.15) is 11.5 Å². The van der Waals surface area contributed by atoms with Crippen molar-refractivity contribution in [3.8, 4) is 17.0 Å². The van der Waals surface area contributed by atoms with Gasteiger partial charge in [0.25, 0.3) is 0 Å². The maximum atomic E-state index is 13.9. The summed E-state index contributed by atoms with van der Waals surface area (Å²) in [5, 5.41) is 5.02. The molecule has 154 valence electrons. The van der Waals surface area contributed by atoms with Crippen LogP contribution in [0.2, 0.25) is 0 Å². The van der Waals surface area contributed by atoms with Crippen molar-refractivity contribution in [1.82, 2.24) is 4.98 Å². The largest absolute Gasteiger partial charge is 0.494 e. The lowest BCUT2D eigenvalue weighted by Gasteiger charge is -2.06. The van der Waals surface area contributed by atoms with Gasteiger partial charge >= 0.3 is 12.1 Å². The van der Waals surface area contributed by atoms with Gasteiger partial charge in [-0.2, -0.15) is 13.2 Å². The molecule has 1 heterocycles. The van der Waals surface area contributed by atoms with Gasteiger partial charge in [0, 0.05) is 12.0 Å². The third kappa shape index (κ3) is 4.57. The SMILES string of the molecule is COc1ccc(Cc2oc(C(F)(F)F)nc2-c2ccc(S(N)(=O)=O)cc2)cc1F. The summed E-state index contributed by atoms with van der Waals surface area (Å²) in [6.45, 7) is 0. The number of hydrogen-bond donors (Lipinski definition) is 1. The van der Waals surface area contributed by atoms with Crippen molar-refractivity contribution in [3.05, 3.63) is 65.5 Å². The number of methoxy groups -OCH3 is 1. The number of alkyl halides is 3. The van der Waals surface area contributed by atoms with Crippen LogP contribution in [0.4, 0.5) is 17.6 Å². The summed E-state index contributed by atoms with van der Waals surface area (Å²) in [5.41, 5.74) is 0.366. The van der Waals surface area contributed by atoms with Crippen molar-refractivity contribution in [2.75, 3.05) is 7.11 Å². The summed E-state index contributed by atoms with van der Waals surface area (Å²) in [6.07, 6.45) is -5.02. The van der Waals surface area contributed by atoms with Crippen LogP contribution in [-0.2, 0) is 22.6 Å². The minimum absolute atomic E-state index is 0.0129. The highest BCUT2D eigenvalue weighted by atomic mass is 32.2. The first-order valence-corrected chi connectivity index (χ1v) is 9.56. The van der Waals surface area contributed by atoms with Gasteiger partial charge in [0.2, 0.25) is 10.0 Å². The molecule has 2 N–H and O–H groups in total. The van der Waals surface area contributed by atoms with Crippen molar-refractivity contribution >= 4 is 10.0 Å². The molecule has 0 spiro atoms. The molecule has 11 heteroatoms. The highest BCUT2D eigenvalue weighted by Gasteiger charge is 2.38. The van der Waals surface area contributed by atoms with Crippen LogP contribution in [0.5, 0.6) is 5.75 Å². The number of nitrogens with zero attached hydrogens (tertiary/aromatic N) is 1.